The second-order valence-electron chi connectivity index (χ2n) is 10.1. The Bertz CT molecular complexity index is 1080. The number of hydrogen-bond acceptors (Lipinski definition) is 5. The highest BCUT2D eigenvalue weighted by molar-refractivity contribution is 6.32. The third kappa shape index (κ3) is 4.60. The van der Waals surface area contributed by atoms with Gasteiger partial charge in [0.2, 0.25) is 0 Å². The molecule has 1 spiro atoms. The number of benzene rings is 2. The lowest BCUT2D eigenvalue weighted by atomic mass is 9.77. The number of halogens is 1. The van der Waals surface area contributed by atoms with Crippen LogP contribution >= 0.6 is 11.6 Å². The lowest BCUT2D eigenvalue weighted by Crippen LogP contribution is -2.44. The van der Waals surface area contributed by atoms with Crippen LogP contribution < -0.4 is 9.80 Å². The first-order valence-electron chi connectivity index (χ1n) is 12.2. The maximum atomic E-state index is 13.2. The van der Waals surface area contributed by atoms with Gasteiger partial charge >= 0.3 is 0 Å². The van der Waals surface area contributed by atoms with E-state index in [4.69, 9.17) is 16.9 Å². The highest BCUT2D eigenvalue weighted by Crippen LogP contribution is 2.42. The number of hydrogen-bond donors (Lipinski definition) is 0. The van der Waals surface area contributed by atoms with Gasteiger partial charge in [0, 0.05) is 69.3 Å². The summed E-state index contributed by atoms with van der Waals surface area (Å²) in [5.74, 6) is 0.147. The van der Waals surface area contributed by atoms with Crippen LogP contribution in [0.4, 0.5) is 11.4 Å². The van der Waals surface area contributed by atoms with Gasteiger partial charge in [-0.15, -0.1) is 0 Å². The molecule has 3 aliphatic heterocycles. The molecule has 2 aromatic rings. The fourth-order valence-electron chi connectivity index (χ4n) is 5.60. The van der Waals surface area contributed by atoms with Crippen molar-refractivity contribution < 1.29 is 4.79 Å². The highest BCUT2D eigenvalue weighted by Gasteiger charge is 2.41. The number of nitrogens with zero attached hydrogens (tertiary/aromatic N) is 5. The van der Waals surface area contributed by atoms with Crippen LogP contribution in [-0.2, 0) is 0 Å². The fraction of sp³-hybridized carbons (Fsp3) is 0.481. The standard InChI is InChI=1S/C27H32ClN5O/c1-30-14-16-31(17-15-30)23-5-2-21(3-6-23)26(34)32-11-8-27(9-12-32)10-13-33(20-27)24-7-4-22(19-29)25(28)18-24/h2-7,18H,8-17,20H2,1H3. The fourth-order valence-corrected chi connectivity index (χ4v) is 5.82. The molecule has 0 N–H and O–H groups in total. The quantitative estimate of drug-likeness (QED) is 0.666. The zero-order chi connectivity index (χ0) is 23.7. The van der Waals surface area contributed by atoms with E-state index >= 15 is 0 Å². The number of carbonyl (C=O) groups is 1. The number of rotatable bonds is 3. The van der Waals surface area contributed by atoms with Crippen LogP contribution in [0.3, 0.4) is 0 Å². The van der Waals surface area contributed by atoms with E-state index in [-0.39, 0.29) is 11.3 Å². The van der Waals surface area contributed by atoms with E-state index in [1.54, 1.807) is 6.07 Å². The molecule has 0 aliphatic carbocycles. The molecule has 3 aliphatic rings. The van der Waals surface area contributed by atoms with Crippen molar-refractivity contribution in [2.45, 2.75) is 19.3 Å². The van der Waals surface area contributed by atoms with Gasteiger partial charge in [0.15, 0.2) is 0 Å². The number of likely N-dealkylation sites (tertiary alicyclic amines) is 1. The van der Waals surface area contributed by atoms with E-state index in [1.165, 1.54) is 5.69 Å². The molecule has 5 rings (SSSR count). The molecular weight excluding hydrogens is 446 g/mol. The molecule has 0 aromatic heterocycles. The molecule has 3 fully saturated rings. The predicted molar refractivity (Wildman–Crippen MR) is 137 cm³/mol. The molecule has 7 heteroatoms. The molecule has 34 heavy (non-hydrogen) atoms. The normalized spacial score (nSPS) is 20.6. The van der Waals surface area contributed by atoms with E-state index < -0.39 is 0 Å². The zero-order valence-electron chi connectivity index (χ0n) is 19.8. The number of anilines is 2. The van der Waals surface area contributed by atoms with E-state index in [0.717, 1.165) is 82.9 Å². The van der Waals surface area contributed by atoms with Gasteiger partial charge in [0.05, 0.1) is 10.6 Å². The van der Waals surface area contributed by atoms with Crippen molar-refractivity contribution in [1.29, 1.82) is 5.26 Å². The van der Waals surface area contributed by atoms with E-state index in [2.05, 4.69) is 39.9 Å². The van der Waals surface area contributed by atoms with Crippen molar-refractivity contribution in [3.05, 3.63) is 58.6 Å². The van der Waals surface area contributed by atoms with Crippen LogP contribution in [0.2, 0.25) is 5.02 Å². The molecule has 2 aromatic carbocycles. The summed E-state index contributed by atoms with van der Waals surface area (Å²) in [4.78, 5) is 22.3. The van der Waals surface area contributed by atoms with Gasteiger partial charge in [-0.05, 0) is 74.2 Å². The van der Waals surface area contributed by atoms with Crippen molar-refractivity contribution >= 4 is 28.9 Å². The topological polar surface area (TPSA) is 53.8 Å². The molecule has 0 radical (unpaired) electrons. The minimum absolute atomic E-state index is 0.147. The molecule has 178 valence electrons. The number of nitriles is 1. The summed E-state index contributed by atoms with van der Waals surface area (Å²) in [6.07, 6.45) is 3.18. The zero-order valence-corrected chi connectivity index (χ0v) is 20.6. The molecule has 1 amide bonds. The average Bonchev–Trinajstić information content (AvgIpc) is 3.28. The third-order valence-electron chi connectivity index (χ3n) is 7.97. The van der Waals surface area contributed by atoms with Gasteiger partial charge in [-0.3, -0.25) is 4.79 Å². The Balaban J connectivity index is 1.17. The third-order valence-corrected chi connectivity index (χ3v) is 8.28. The van der Waals surface area contributed by atoms with Gasteiger partial charge in [-0.2, -0.15) is 5.26 Å². The average molecular weight is 478 g/mol. The van der Waals surface area contributed by atoms with Gasteiger partial charge in [0.1, 0.15) is 6.07 Å². The molecule has 0 unspecified atom stereocenters. The number of carbonyl (C=O) groups excluding carboxylic acids is 1. The lowest BCUT2D eigenvalue weighted by Gasteiger charge is -2.39. The predicted octanol–water partition coefficient (Wildman–Crippen LogP) is 4.10. The summed E-state index contributed by atoms with van der Waals surface area (Å²) in [6.45, 7) is 7.80. The maximum absolute atomic E-state index is 13.2. The van der Waals surface area contributed by atoms with E-state index in [9.17, 15) is 4.79 Å². The number of piperidine rings is 1. The summed E-state index contributed by atoms with van der Waals surface area (Å²) in [5, 5.41) is 9.64. The number of amides is 1. The van der Waals surface area contributed by atoms with Crippen LogP contribution in [0.1, 0.15) is 35.2 Å². The van der Waals surface area contributed by atoms with Crippen LogP contribution in [0.25, 0.3) is 0 Å². The van der Waals surface area contributed by atoms with Crippen LogP contribution in [-0.4, -0.2) is 75.1 Å². The van der Waals surface area contributed by atoms with Crippen LogP contribution in [0.5, 0.6) is 0 Å². The largest absolute Gasteiger partial charge is 0.371 e. The minimum atomic E-state index is 0.147. The number of piperazine rings is 1. The Morgan fingerprint density at radius 2 is 1.53 bits per heavy atom. The highest BCUT2D eigenvalue weighted by atomic mass is 35.5. The van der Waals surface area contributed by atoms with Crippen molar-refractivity contribution in [1.82, 2.24) is 9.80 Å². The smallest absolute Gasteiger partial charge is 0.253 e. The van der Waals surface area contributed by atoms with Gasteiger partial charge in [-0.25, -0.2) is 0 Å². The van der Waals surface area contributed by atoms with Gasteiger partial charge < -0.3 is 19.6 Å². The summed E-state index contributed by atoms with van der Waals surface area (Å²) in [7, 11) is 2.16. The Kier molecular flexibility index (Phi) is 6.42. The monoisotopic (exact) mass is 477 g/mol. The van der Waals surface area contributed by atoms with Crippen molar-refractivity contribution in [2.75, 3.05) is 69.2 Å². The van der Waals surface area contributed by atoms with Gasteiger partial charge in [0.25, 0.3) is 5.91 Å². The molecule has 6 nitrogen and oxygen atoms in total. The summed E-state index contributed by atoms with van der Waals surface area (Å²) < 4.78 is 0. The molecule has 3 saturated heterocycles. The molecule has 3 heterocycles. The van der Waals surface area contributed by atoms with Crippen molar-refractivity contribution in [2.24, 2.45) is 5.41 Å². The second-order valence-corrected chi connectivity index (χ2v) is 10.5. The van der Waals surface area contributed by atoms with Crippen LogP contribution in [0.15, 0.2) is 42.5 Å². The van der Waals surface area contributed by atoms with Gasteiger partial charge in [-0.1, -0.05) is 11.6 Å². The molecular formula is C27H32ClN5O. The maximum Gasteiger partial charge on any atom is 0.253 e. The molecule has 0 saturated carbocycles. The summed E-state index contributed by atoms with van der Waals surface area (Å²) in [6, 6.07) is 16.0. The first kappa shape index (κ1) is 23.0. The molecule has 0 bridgehead atoms. The Morgan fingerprint density at radius 1 is 0.882 bits per heavy atom. The van der Waals surface area contributed by atoms with E-state index in [0.29, 0.717) is 10.6 Å². The Hall–Kier alpha value is -2.75. The van der Waals surface area contributed by atoms with Crippen molar-refractivity contribution in [3.63, 3.8) is 0 Å². The first-order valence-corrected chi connectivity index (χ1v) is 12.6. The first-order chi connectivity index (χ1) is 16.5. The lowest BCUT2D eigenvalue weighted by molar-refractivity contribution is 0.0610. The second kappa shape index (κ2) is 9.48. The summed E-state index contributed by atoms with van der Waals surface area (Å²) in [5.41, 5.74) is 3.84. The molecule has 0 atom stereocenters. The van der Waals surface area contributed by atoms with E-state index in [1.807, 2.05) is 29.2 Å². The Morgan fingerprint density at radius 3 is 2.18 bits per heavy atom. The minimum Gasteiger partial charge on any atom is -0.371 e. The Labute approximate surface area is 207 Å². The number of likely N-dealkylation sites (N-methyl/N-ethyl adjacent to an activating group) is 1. The van der Waals surface area contributed by atoms with Crippen LogP contribution in [0, 0.1) is 16.7 Å². The summed E-state index contributed by atoms with van der Waals surface area (Å²) >= 11 is 6.26. The SMILES string of the molecule is CN1CCN(c2ccc(C(=O)N3CCC4(CC3)CCN(c3ccc(C#N)c(Cl)c3)C4)cc2)CC1. The van der Waals surface area contributed by atoms with Crippen molar-refractivity contribution in [3.8, 4) is 6.07 Å².